The maximum absolute atomic E-state index is 11.4. The summed E-state index contributed by atoms with van der Waals surface area (Å²) in [6, 6.07) is 14.1. The molecule has 1 N–H and O–H groups in total. The molecule has 0 aliphatic heterocycles. The summed E-state index contributed by atoms with van der Waals surface area (Å²) in [4.78, 5) is 11.4. The molecule has 0 aliphatic carbocycles. The molecule has 0 amide bonds. The van der Waals surface area contributed by atoms with Crippen molar-refractivity contribution in [2.75, 3.05) is 7.11 Å². The Hall–Kier alpha value is -2.39. The van der Waals surface area contributed by atoms with Crippen LogP contribution in [0.3, 0.4) is 0 Å². The Morgan fingerprint density at radius 1 is 1.09 bits per heavy atom. The van der Waals surface area contributed by atoms with Crippen LogP contribution in [0.4, 0.5) is 0 Å². The molecule has 3 heteroatoms. The molecule has 0 bridgehead atoms. The standard InChI is InChI=1S/C20H22O3/c1-14-4-7-16(8-5-14)9-11-17-10-6-15(2)12-18(17)19(21)13-20(22)23-3/h4-12,19,21H,13H2,1-3H3/b11-9+. The summed E-state index contributed by atoms with van der Waals surface area (Å²) >= 11 is 0. The van der Waals surface area contributed by atoms with Crippen molar-refractivity contribution >= 4 is 18.1 Å². The van der Waals surface area contributed by atoms with Crippen LogP contribution in [0.5, 0.6) is 0 Å². The van der Waals surface area contributed by atoms with E-state index < -0.39 is 12.1 Å². The maximum Gasteiger partial charge on any atom is 0.308 e. The average Bonchev–Trinajstić information content (AvgIpc) is 2.55. The van der Waals surface area contributed by atoms with Gasteiger partial charge < -0.3 is 9.84 Å². The van der Waals surface area contributed by atoms with Gasteiger partial charge in [0.05, 0.1) is 19.6 Å². The molecule has 1 unspecified atom stereocenters. The van der Waals surface area contributed by atoms with Crippen molar-refractivity contribution < 1.29 is 14.6 Å². The Morgan fingerprint density at radius 2 is 1.74 bits per heavy atom. The van der Waals surface area contributed by atoms with E-state index in [2.05, 4.69) is 23.8 Å². The molecule has 3 nitrogen and oxygen atoms in total. The molecule has 0 fully saturated rings. The van der Waals surface area contributed by atoms with E-state index in [4.69, 9.17) is 0 Å². The lowest BCUT2D eigenvalue weighted by molar-refractivity contribution is -0.142. The van der Waals surface area contributed by atoms with Crippen LogP contribution >= 0.6 is 0 Å². The molecule has 0 saturated heterocycles. The summed E-state index contributed by atoms with van der Waals surface area (Å²) in [7, 11) is 1.32. The maximum atomic E-state index is 11.4. The van der Waals surface area contributed by atoms with Crippen LogP contribution in [0.2, 0.25) is 0 Å². The first kappa shape index (κ1) is 17.0. The van der Waals surface area contributed by atoms with Crippen molar-refractivity contribution in [3.8, 4) is 0 Å². The minimum Gasteiger partial charge on any atom is -0.469 e. The molecule has 0 saturated carbocycles. The number of esters is 1. The van der Waals surface area contributed by atoms with Crippen molar-refractivity contribution in [2.24, 2.45) is 0 Å². The third-order valence-corrected chi connectivity index (χ3v) is 3.72. The molecular weight excluding hydrogens is 288 g/mol. The van der Waals surface area contributed by atoms with Gasteiger partial charge in [-0.2, -0.15) is 0 Å². The highest BCUT2D eigenvalue weighted by molar-refractivity contribution is 5.73. The monoisotopic (exact) mass is 310 g/mol. The fourth-order valence-corrected chi connectivity index (χ4v) is 2.35. The number of rotatable bonds is 5. The zero-order valence-corrected chi connectivity index (χ0v) is 13.7. The molecule has 23 heavy (non-hydrogen) atoms. The van der Waals surface area contributed by atoms with Gasteiger partial charge in [-0.05, 0) is 30.5 Å². The lowest BCUT2D eigenvalue weighted by atomic mass is 9.97. The Labute approximate surface area is 137 Å². The van der Waals surface area contributed by atoms with Crippen LogP contribution < -0.4 is 0 Å². The van der Waals surface area contributed by atoms with E-state index >= 15 is 0 Å². The lowest BCUT2D eigenvalue weighted by Gasteiger charge is -2.14. The SMILES string of the molecule is COC(=O)CC(O)c1cc(C)ccc1/C=C/c1ccc(C)cc1. The summed E-state index contributed by atoms with van der Waals surface area (Å²) in [5.74, 6) is -0.424. The van der Waals surface area contributed by atoms with E-state index in [1.54, 1.807) is 0 Å². The first-order valence-corrected chi connectivity index (χ1v) is 7.60. The normalized spacial score (nSPS) is 12.3. The topological polar surface area (TPSA) is 46.5 Å². The first-order chi connectivity index (χ1) is 11.0. The summed E-state index contributed by atoms with van der Waals surface area (Å²) in [5.41, 5.74) is 4.97. The fraction of sp³-hybridized carbons (Fsp3) is 0.250. The minimum absolute atomic E-state index is 0.0503. The fourth-order valence-electron chi connectivity index (χ4n) is 2.35. The number of aliphatic hydroxyl groups excluding tert-OH is 1. The molecule has 2 rings (SSSR count). The Balaban J connectivity index is 2.27. The van der Waals surface area contributed by atoms with E-state index in [-0.39, 0.29) is 6.42 Å². The van der Waals surface area contributed by atoms with Crippen LogP contribution in [0.25, 0.3) is 12.2 Å². The van der Waals surface area contributed by atoms with E-state index in [9.17, 15) is 9.90 Å². The van der Waals surface area contributed by atoms with Gasteiger partial charge in [0.1, 0.15) is 0 Å². The molecule has 1 atom stereocenters. The summed E-state index contributed by atoms with van der Waals surface area (Å²) in [6.07, 6.45) is 3.03. The number of carbonyl (C=O) groups excluding carboxylic acids is 1. The molecular formula is C20H22O3. The molecule has 0 aliphatic rings. The number of carbonyl (C=O) groups is 1. The summed E-state index contributed by atoms with van der Waals surface area (Å²) in [6.45, 7) is 4.01. The van der Waals surface area contributed by atoms with E-state index in [1.165, 1.54) is 12.7 Å². The van der Waals surface area contributed by atoms with Crippen molar-refractivity contribution in [3.05, 3.63) is 70.3 Å². The van der Waals surface area contributed by atoms with Crippen molar-refractivity contribution in [1.29, 1.82) is 0 Å². The van der Waals surface area contributed by atoms with Crippen LogP contribution in [0.15, 0.2) is 42.5 Å². The van der Waals surface area contributed by atoms with Crippen molar-refractivity contribution in [3.63, 3.8) is 0 Å². The number of hydrogen-bond donors (Lipinski definition) is 1. The highest BCUT2D eigenvalue weighted by Gasteiger charge is 2.16. The third kappa shape index (κ3) is 4.80. The second-order valence-electron chi connectivity index (χ2n) is 5.67. The highest BCUT2D eigenvalue weighted by Crippen LogP contribution is 2.24. The van der Waals surface area contributed by atoms with E-state index in [0.717, 1.165) is 22.3 Å². The quantitative estimate of drug-likeness (QED) is 0.669. The first-order valence-electron chi connectivity index (χ1n) is 7.60. The number of ether oxygens (including phenoxy) is 1. The molecule has 120 valence electrons. The minimum atomic E-state index is -0.875. The third-order valence-electron chi connectivity index (χ3n) is 3.72. The molecule has 0 spiro atoms. The summed E-state index contributed by atoms with van der Waals surface area (Å²) < 4.78 is 4.64. The van der Waals surface area contributed by atoms with Crippen LogP contribution in [-0.2, 0) is 9.53 Å². The van der Waals surface area contributed by atoms with Gasteiger partial charge >= 0.3 is 5.97 Å². The second kappa shape index (κ2) is 7.75. The number of aryl methyl sites for hydroxylation is 2. The molecule has 2 aromatic rings. The number of hydrogen-bond acceptors (Lipinski definition) is 3. The van der Waals surface area contributed by atoms with Gasteiger partial charge in [0.15, 0.2) is 0 Å². The van der Waals surface area contributed by atoms with E-state index in [1.807, 2.05) is 49.4 Å². The van der Waals surface area contributed by atoms with Gasteiger partial charge in [-0.25, -0.2) is 0 Å². The van der Waals surface area contributed by atoms with Crippen molar-refractivity contribution in [2.45, 2.75) is 26.4 Å². The van der Waals surface area contributed by atoms with Crippen molar-refractivity contribution in [1.82, 2.24) is 0 Å². The Morgan fingerprint density at radius 3 is 2.39 bits per heavy atom. The second-order valence-corrected chi connectivity index (χ2v) is 5.67. The van der Waals surface area contributed by atoms with Crippen LogP contribution in [-0.4, -0.2) is 18.2 Å². The molecule has 0 radical (unpaired) electrons. The van der Waals surface area contributed by atoms with Gasteiger partial charge in [0, 0.05) is 0 Å². The zero-order chi connectivity index (χ0) is 16.8. The van der Waals surface area contributed by atoms with Gasteiger partial charge in [0.25, 0.3) is 0 Å². The predicted octanol–water partition coefficient (Wildman–Crippen LogP) is 4.07. The van der Waals surface area contributed by atoms with Crippen LogP contribution in [0, 0.1) is 13.8 Å². The Bertz CT molecular complexity index is 699. The van der Waals surface area contributed by atoms with Gasteiger partial charge in [-0.1, -0.05) is 65.7 Å². The van der Waals surface area contributed by atoms with Crippen LogP contribution in [0.1, 0.15) is 40.3 Å². The molecule has 2 aromatic carbocycles. The number of benzene rings is 2. The van der Waals surface area contributed by atoms with Gasteiger partial charge in [-0.3, -0.25) is 4.79 Å². The number of methoxy groups -OCH3 is 1. The predicted molar refractivity (Wildman–Crippen MR) is 92.9 cm³/mol. The lowest BCUT2D eigenvalue weighted by Crippen LogP contribution is -2.09. The van der Waals surface area contributed by atoms with Gasteiger partial charge in [0.2, 0.25) is 0 Å². The molecule has 0 heterocycles. The van der Waals surface area contributed by atoms with Gasteiger partial charge in [-0.15, -0.1) is 0 Å². The molecule has 0 aromatic heterocycles. The summed E-state index contributed by atoms with van der Waals surface area (Å²) in [5, 5.41) is 10.3. The van der Waals surface area contributed by atoms with E-state index in [0.29, 0.717) is 0 Å². The smallest absolute Gasteiger partial charge is 0.308 e. The average molecular weight is 310 g/mol. The Kier molecular flexibility index (Phi) is 5.72. The largest absolute Gasteiger partial charge is 0.469 e. The highest BCUT2D eigenvalue weighted by atomic mass is 16.5. The zero-order valence-electron chi connectivity index (χ0n) is 13.7. The number of aliphatic hydroxyl groups is 1.